The van der Waals surface area contributed by atoms with Gasteiger partial charge in [0.1, 0.15) is 0 Å². The Bertz CT molecular complexity index is 299. The van der Waals surface area contributed by atoms with E-state index in [1.54, 1.807) is 0 Å². The summed E-state index contributed by atoms with van der Waals surface area (Å²) in [6.07, 6.45) is -18.6. The fraction of sp³-hybridized carbons (Fsp3) is 0.714. The van der Waals surface area contributed by atoms with Gasteiger partial charge in [-0.05, 0) is 0 Å². The van der Waals surface area contributed by atoms with Crippen LogP contribution in [0.1, 0.15) is 0 Å². The Morgan fingerprint density at radius 1 is 0.727 bits per heavy atom. The number of rotatable bonds is 2. The molecule has 0 saturated heterocycles. The third kappa shape index (κ3) is 27.0. The van der Waals surface area contributed by atoms with Gasteiger partial charge in [0.2, 0.25) is 6.86 Å². The largest absolute Gasteiger partial charge is 0.559 e. The second kappa shape index (κ2) is 10.3. The fourth-order valence-electron chi connectivity index (χ4n) is 0.298. The Morgan fingerprint density at radius 3 is 1.05 bits per heavy atom. The zero-order valence-corrected chi connectivity index (χ0v) is 9.61. The molecule has 0 aromatic carbocycles. The normalized spacial score (nSPS) is 11.5. The molecule has 0 saturated carbocycles. The number of allylic oxidation sites excluding steroid dienone is 1. The van der Waals surface area contributed by atoms with Crippen LogP contribution in [-0.4, -0.2) is 32.3 Å². The van der Waals surface area contributed by atoms with Gasteiger partial charge >= 0.3 is 24.9 Å². The van der Waals surface area contributed by atoms with E-state index >= 15 is 0 Å². The molecule has 22 heavy (non-hydrogen) atoms. The molecule has 15 heteroatoms. The summed E-state index contributed by atoms with van der Waals surface area (Å²) in [6, 6.07) is 0. The average molecular weight is 370 g/mol. The monoisotopic (exact) mass is 370 g/mol. The lowest BCUT2D eigenvalue weighted by molar-refractivity contribution is -0.237. The molecular formula is C7H4F14O. The molecule has 1 nitrogen and oxygen atoms in total. The number of alkyl halides is 12. The van der Waals surface area contributed by atoms with Crippen molar-refractivity contribution >= 4 is 0 Å². The van der Waals surface area contributed by atoms with E-state index in [9.17, 15) is 61.5 Å². The first-order valence-electron chi connectivity index (χ1n) is 4.15. The van der Waals surface area contributed by atoms with Gasteiger partial charge in [-0.2, -0.15) is 35.1 Å². The second-order valence-corrected chi connectivity index (χ2v) is 2.52. The first-order valence-corrected chi connectivity index (χ1v) is 4.15. The first-order chi connectivity index (χ1) is 9.45. The molecular weight excluding hydrogens is 366 g/mol. The van der Waals surface area contributed by atoms with Crippen LogP contribution in [0.3, 0.4) is 0 Å². The maximum atomic E-state index is 11.3. The highest BCUT2D eigenvalue weighted by molar-refractivity contribution is 5.00. The summed E-state index contributed by atoms with van der Waals surface area (Å²) in [5, 5.41) is 0. The Kier molecular flexibility index (Phi) is 12.0. The highest BCUT2D eigenvalue weighted by Crippen LogP contribution is 2.30. The van der Waals surface area contributed by atoms with E-state index in [1.165, 1.54) is 0 Å². The van der Waals surface area contributed by atoms with Gasteiger partial charge in [0, 0.05) is 0 Å². The van der Waals surface area contributed by atoms with Crippen molar-refractivity contribution in [1.29, 1.82) is 0 Å². The van der Waals surface area contributed by atoms with E-state index < -0.39 is 44.2 Å². The van der Waals surface area contributed by atoms with Gasteiger partial charge in [0.25, 0.3) is 5.76 Å². The Morgan fingerprint density at radius 2 is 1.00 bits per heavy atom. The van der Waals surface area contributed by atoms with Gasteiger partial charge < -0.3 is 4.74 Å². The quantitative estimate of drug-likeness (QED) is 0.455. The molecule has 0 atom stereocenters. The molecule has 0 spiro atoms. The van der Waals surface area contributed by atoms with Crippen LogP contribution in [-0.2, 0) is 4.74 Å². The fourth-order valence-corrected chi connectivity index (χ4v) is 0.298. The molecule has 0 rings (SSSR count). The van der Waals surface area contributed by atoms with Crippen LogP contribution in [0.25, 0.3) is 0 Å². The van der Waals surface area contributed by atoms with E-state index in [0.717, 1.165) is 0 Å². The lowest BCUT2D eigenvalue weighted by Gasteiger charge is -2.08. The zero-order valence-electron chi connectivity index (χ0n) is 9.61. The summed E-state index contributed by atoms with van der Waals surface area (Å²) in [4.78, 5) is 0. The molecule has 0 heterocycles. The van der Waals surface area contributed by atoms with Crippen LogP contribution in [0.5, 0.6) is 0 Å². The maximum Gasteiger partial charge on any atom is 0.559 e. The Labute approximate surface area is 112 Å². The molecule has 0 aromatic rings. The van der Waals surface area contributed by atoms with E-state index in [-0.39, 0.29) is 0 Å². The summed E-state index contributed by atoms with van der Waals surface area (Å²) >= 11 is 0. The van der Waals surface area contributed by atoms with Crippen molar-refractivity contribution in [3.05, 3.63) is 11.8 Å². The molecule has 0 aliphatic carbocycles. The third-order valence-electron chi connectivity index (χ3n) is 0.780. The minimum Gasteiger partial charge on any atom is -0.453 e. The van der Waals surface area contributed by atoms with E-state index in [1.807, 2.05) is 0 Å². The van der Waals surface area contributed by atoms with Crippen LogP contribution < -0.4 is 0 Å². The second-order valence-electron chi connectivity index (χ2n) is 2.52. The van der Waals surface area contributed by atoms with Crippen molar-refractivity contribution in [2.75, 3.05) is 13.5 Å². The lowest BCUT2D eigenvalue weighted by Crippen LogP contribution is -2.15. The SMILES string of the molecule is FC(F)(F)F.FCC(F)(F)F.FCOC(=C(F)F)C(F)(F)F. The topological polar surface area (TPSA) is 9.23 Å². The summed E-state index contributed by atoms with van der Waals surface area (Å²) < 4.78 is 151. The Balaban J connectivity index is -0.000000277. The molecule has 0 aliphatic rings. The van der Waals surface area contributed by atoms with Gasteiger partial charge in [0.15, 0.2) is 6.67 Å². The third-order valence-corrected chi connectivity index (χ3v) is 0.780. The maximum absolute atomic E-state index is 11.3. The minimum absolute atomic E-state index is 1.94. The van der Waals surface area contributed by atoms with E-state index in [4.69, 9.17) is 0 Å². The smallest absolute Gasteiger partial charge is 0.453 e. The molecule has 0 amide bonds. The van der Waals surface area contributed by atoms with Crippen molar-refractivity contribution in [3.63, 3.8) is 0 Å². The number of ether oxygens (including phenoxy) is 1. The van der Waals surface area contributed by atoms with Crippen molar-refractivity contribution in [1.82, 2.24) is 0 Å². The summed E-state index contributed by atoms with van der Waals surface area (Å²) in [7, 11) is 0. The number of halogens is 14. The van der Waals surface area contributed by atoms with Gasteiger partial charge in [-0.3, -0.25) is 0 Å². The molecule has 0 unspecified atom stereocenters. The number of hydrogen-bond acceptors (Lipinski definition) is 1. The molecule has 136 valence electrons. The highest BCUT2D eigenvalue weighted by Gasteiger charge is 2.40. The summed E-state index contributed by atoms with van der Waals surface area (Å²) in [5.41, 5.74) is 0. The Hall–Kier alpha value is -1.44. The van der Waals surface area contributed by atoms with Crippen molar-refractivity contribution in [2.45, 2.75) is 18.8 Å². The van der Waals surface area contributed by atoms with E-state index in [0.29, 0.717) is 0 Å². The highest BCUT2D eigenvalue weighted by atomic mass is 19.5. The molecule has 0 fully saturated rings. The lowest BCUT2D eigenvalue weighted by atomic mass is 10.5. The predicted molar refractivity (Wildman–Crippen MR) is 41.6 cm³/mol. The minimum atomic E-state index is -5.50. The standard InChI is InChI=1S/C4H2F6O.C2H2F4.CF4/c5-1-11-2(3(6)7)4(8,9)10;3-1-2(4,5)6;2-1(3,4)5/h1H2;1H2;. The van der Waals surface area contributed by atoms with Crippen LogP contribution in [0, 0.1) is 0 Å². The number of hydrogen-bond donors (Lipinski definition) is 0. The van der Waals surface area contributed by atoms with Crippen molar-refractivity contribution in [2.24, 2.45) is 0 Å². The van der Waals surface area contributed by atoms with Crippen LogP contribution in [0.15, 0.2) is 11.8 Å². The predicted octanol–water partition coefficient (Wildman–Crippen LogP) is 5.59. The van der Waals surface area contributed by atoms with Crippen LogP contribution >= 0.6 is 0 Å². The first kappa shape index (κ1) is 25.5. The summed E-state index contributed by atoms with van der Waals surface area (Å²) in [5.74, 6) is -2.58. The van der Waals surface area contributed by atoms with Gasteiger partial charge in [0.05, 0.1) is 0 Å². The summed E-state index contributed by atoms with van der Waals surface area (Å²) in [6.45, 7) is -4.17. The molecule has 0 bridgehead atoms. The van der Waals surface area contributed by atoms with E-state index in [2.05, 4.69) is 4.74 Å². The molecule has 0 aromatic heterocycles. The van der Waals surface area contributed by atoms with Gasteiger partial charge in [-0.1, -0.05) is 0 Å². The molecule has 0 aliphatic heterocycles. The van der Waals surface area contributed by atoms with Crippen molar-refractivity contribution < 1.29 is 66.2 Å². The average Bonchev–Trinajstić information content (AvgIpc) is 2.21. The van der Waals surface area contributed by atoms with Crippen LogP contribution in [0.4, 0.5) is 61.5 Å². The van der Waals surface area contributed by atoms with Crippen molar-refractivity contribution in [3.8, 4) is 0 Å². The van der Waals surface area contributed by atoms with Gasteiger partial charge in [-0.15, -0.1) is 17.6 Å². The molecule has 0 radical (unpaired) electrons. The van der Waals surface area contributed by atoms with Gasteiger partial charge in [-0.25, -0.2) is 8.78 Å². The molecule has 0 N–H and O–H groups in total. The van der Waals surface area contributed by atoms with Crippen LogP contribution in [0.2, 0.25) is 0 Å². The zero-order chi connectivity index (χ0) is 18.8.